The number of benzene rings is 1. The van der Waals surface area contributed by atoms with Crippen molar-refractivity contribution in [3.05, 3.63) is 29.1 Å². The lowest BCUT2D eigenvalue weighted by Crippen LogP contribution is -2.13. The van der Waals surface area contributed by atoms with Crippen molar-refractivity contribution < 1.29 is 14.6 Å². The highest BCUT2D eigenvalue weighted by Gasteiger charge is 2.14. The van der Waals surface area contributed by atoms with Crippen LogP contribution in [-0.4, -0.2) is 27.2 Å². The van der Waals surface area contributed by atoms with Gasteiger partial charge in [-0.3, -0.25) is 4.79 Å². The minimum Gasteiger partial charge on any atom is -0.480 e. The third-order valence-electron chi connectivity index (χ3n) is 3.32. The molecule has 1 aromatic carbocycles. The number of aryl methyl sites for hydroxylation is 2. The fourth-order valence-corrected chi connectivity index (χ4v) is 2.16. The number of ether oxygens (including phenoxy) is 1. The van der Waals surface area contributed by atoms with E-state index in [1.807, 2.05) is 32.9 Å². The third-order valence-corrected chi connectivity index (χ3v) is 3.32. The Morgan fingerprint density at radius 3 is 2.70 bits per heavy atom. The summed E-state index contributed by atoms with van der Waals surface area (Å²) < 4.78 is 7.23. The second-order valence-corrected chi connectivity index (χ2v) is 4.99. The van der Waals surface area contributed by atoms with Crippen LogP contribution in [0.2, 0.25) is 0 Å². The molecule has 1 heterocycles. The van der Waals surface area contributed by atoms with Crippen molar-refractivity contribution in [2.75, 3.05) is 6.61 Å². The highest BCUT2D eigenvalue weighted by atomic mass is 16.5. The SMILES string of the molecule is CCCOCc1nc2cc(C)c(C)cc2n1CC(=O)O. The van der Waals surface area contributed by atoms with Crippen LogP contribution in [0.1, 0.15) is 30.3 Å². The molecule has 5 heteroatoms. The van der Waals surface area contributed by atoms with Gasteiger partial charge in [0.25, 0.3) is 0 Å². The Morgan fingerprint density at radius 2 is 2.05 bits per heavy atom. The van der Waals surface area contributed by atoms with Crippen molar-refractivity contribution in [3.63, 3.8) is 0 Å². The normalized spacial score (nSPS) is 11.2. The smallest absolute Gasteiger partial charge is 0.323 e. The van der Waals surface area contributed by atoms with Crippen LogP contribution in [0.5, 0.6) is 0 Å². The Morgan fingerprint density at radius 1 is 1.35 bits per heavy atom. The summed E-state index contributed by atoms with van der Waals surface area (Å²) in [5.41, 5.74) is 3.96. The molecule has 0 aliphatic heterocycles. The number of carbonyl (C=O) groups is 1. The molecule has 0 amide bonds. The zero-order valence-corrected chi connectivity index (χ0v) is 12.1. The Bertz CT molecular complexity index is 632. The lowest BCUT2D eigenvalue weighted by molar-refractivity contribution is -0.137. The van der Waals surface area contributed by atoms with Gasteiger partial charge in [0, 0.05) is 6.61 Å². The van der Waals surface area contributed by atoms with E-state index in [2.05, 4.69) is 4.98 Å². The van der Waals surface area contributed by atoms with Crippen LogP contribution in [0.4, 0.5) is 0 Å². The number of aliphatic carboxylic acids is 1. The van der Waals surface area contributed by atoms with E-state index in [1.54, 1.807) is 4.57 Å². The van der Waals surface area contributed by atoms with Crippen molar-refractivity contribution in [3.8, 4) is 0 Å². The van der Waals surface area contributed by atoms with Gasteiger partial charge in [-0.15, -0.1) is 0 Å². The molecule has 0 radical (unpaired) electrons. The summed E-state index contributed by atoms with van der Waals surface area (Å²) >= 11 is 0. The van der Waals surface area contributed by atoms with Crippen molar-refractivity contribution >= 4 is 17.0 Å². The number of hydrogen-bond donors (Lipinski definition) is 1. The van der Waals surface area contributed by atoms with E-state index < -0.39 is 5.97 Å². The molecule has 1 aromatic heterocycles. The molecular formula is C15H20N2O3. The van der Waals surface area contributed by atoms with Gasteiger partial charge in [0.15, 0.2) is 0 Å². The van der Waals surface area contributed by atoms with Crippen molar-refractivity contribution in [1.82, 2.24) is 9.55 Å². The molecule has 0 unspecified atom stereocenters. The van der Waals surface area contributed by atoms with Gasteiger partial charge < -0.3 is 14.4 Å². The van der Waals surface area contributed by atoms with Gasteiger partial charge in [-0.05, 0) is 43.5 Å². The molecule has 0 aliphatic carbocycles. The number of hydrogen-bond acceptors (Lipinski definition) is 3. The van der Waals surface area contributed by atoms with Crippen LogP contribution in [-0.2, 0) is 22.7 Å². The summed E-state index contributed by atoms with van der Waals surface area (Å²) in [7, 11) is 0. The summed E-state index contributed by atoms with van der Waals surface area (Å²) in [6, 6.07) is 3.98. The summed E-state index contributed by atoms with van der Waals surface area (Å²) in [6.07, 6.45) is 0.928. The zero-order valence-electron chi connectivity index (χ0n) is 12.1. The second-order valence-electron chi connectivity index (χ2n) is 4.99. The van der Waals surface area contributed by atoms with Gasteiger partial charge >= 0.3 is 5.97 Å². The summed E-state index contributed by atoms with van der Waals surface area (Å²) in [4.78, 5) is 15.6. The average molecular weight is 276 g/mol. The van der Waals surface area contributed by atoms with Crippen LogP contribution < -0.4 is 0 Å². The maximum atomic E-state index is 11.1. The predicted octanol–water partition coefficient (Wildman–Crippen LogP) is 2.66. The van der Waals surface area contributed by atoms with Gasteiger partial charge in [-0.2, -0.15) is 0 Å². The first kappa shape index (κ1) is 14.5. The first-order valence-corrected chi connectivity index (χ1v) is 6.78. The minimum absolute atomic E-state index is 0.0934. The highest BCUT2D eigenvalue weighted by molar-refractivity contribution is 5.80. The number of carboxylic acid groups (broad SMARTS) is 1. The minimum atomic E-state index is -0.876. The van der Waals surface area contributed by atoms with Gasteiger partial charge in [0.05, 0.1) is 11.0 Å². The summed E-state index contributed by atoms with van der Waals surface area (Å²) in [5.74, 6) is -0.208. The van der Waals surface area contributed by atoms with Crippen LogP contribution in [0.3, 0.4) is 0 Å². The van der Waals surface area contributed by atoms with Crippen molar-refractivity contribution in [2.24, 2.45) is 0 Å². The maximum absolute atomic E-state index is 11.1. The number of aromatic nitrogens is 2. The van der Waals surface area contributed by atoms with E-state index in [-0.39, 0.29) is 6.54 Å². The monoisotopic (exact) mass is 276 g/mol. The van der Waals surface area contributed by atoms with E-state index in [0.717, 1.165) is 28.6 Å². The Kier molecular flexibility index (Phi) is 4.39. The van der Waals surface area contributed by atoms with E-state index in [9.17, 15) is 4.79 Å². The molecule has 2 rings (SSSR count). The molecule has 0 atom stereocenters. The molecule has 0 saturated carbocycles. The molecule has 108 valence electrons. The zero-order chi connectivity index (χ0) is 14.7. The standard InChI is InChI=1S/C15H20N2O3/c1-4-5-20-9-14-16-12-6-10(2)11(3)7-13(12)17(14)8-15(18)19/h6-7H,4-5,8-9H2,1-3H3,(H,18,19). The number of nitrogens with zero attached hydrogens (tertiary/aromatic N) is 2. The van der Waals surface area contributed by atoms with E-state index in [4.69, 9.17) is 9.84 Å². The van der Waals surface area contributed by atoms with E-state index in [1.165, 1.54) is 0 Å². The molecule has 0 spiro atoms. The first-order chi connectivity index (χ1) is 9.52. The topological polar surface area (TPSA) is 64.4 Å². The van der Waals surface area contributed by atoms with Gasteiger partial charge in [-0.1, -0.05) is 6.92 Å². The average Bonchev–Trinajstić information content (AvgIpc) is 2.68. The fourth-order valence-electron chi connectivity index (χ4n) is 2.16. The third kappa shape index (κ3) is 2.99. The maximum Gasteiger partial charge on any atom is 0.323 e. The molecule has 5 nitrogen and oxygen atoms in total. The van der Waals surface area contributed by atoms with Crippen LogP contribution in [0.15, 0.2) is 12.1 Å². The Hall–Kier alpha value is -1.88. The Labute approximate surface area is 118 Å². The van der Waals surface area contributed by atoms with Crippen LogP contribution in [0.25, 0.3) is 11.0 Å². The van der Waals surface area contributed by atoms with Crippen molar-refractivity contribution in [2.45, 2.75) is 40.3 Å². The van der Waals surface area contributed by atoms with Gasteiger partial charge in [-0.25, -0.2) is 4.98 Å². The molecule has 0 fully saturated rings. The van der Waals surface area contributed by atoms with Crippen LogP contribution in [0, 0.1) is 13.8 Å². The molecule has 0 bridgehead atoms. The lowest BCUT2D eigenvalue weighted by atomic mass is 10.1. The highest BCUT2D eigenvalue weighted by Crippen LogP contribution is 2.21. The second kappa shape index (κ2) is 6.05. The quantitative estimate of drug-likeness (QED) is 0.824. The van der Waals surface area contributed by atoms with Gasteiger partial charge in [0.1, 0.15) is 19.0 Å². The molecule has 0 saturated heterocycles. The first-order valence-electron chi connectivity index (χ1n) is 6.78. The Balaban J connectivity index is 2.45. The lowest BCUT2D eigenvalue weighted by Gasteiger charge is -2.07. The molecule has 20 heavy (non-hydrogen) atoms. The van der Waals surface area contributed by atoms with Gasteiger partial charge in [0.2, 0.25) is 0 Å². The number of imidazole rings is 1. The van der Waals surface area contributed by atoms with E-state index >= 15 is 0 Å². The van der Waals surface area contributed by atoms with Crippen LogP contribution >= 0.6 is 0 Å². The largest absolute Gasteiger partial charge is 0.480 e. The number of rotatable bonds is 6. The molecule has 0 aliphatic rings. The molecular weight excluding hydrogens is 256 g/mol. The van der Waals surface area contributed by atoms with E-state index in [0.29, 0.717) is 19.0 Å². The number of carboxylic acids is 1. The summed E-state index contributed by atoms with van der Waals surface area (Å²) in [5, 5.41) is 9.08. The number of fused-ring (bicyclic) bond motifs is 1. The molecule has 2 aromatic rings. The molecule has 1 N–H and O–H groups in total. The van der Waals surface area contributed by atoms with Crippen molar-refractivity contribution in [1.29, 1.82) is 0 Å². The fraction of sp³-hybridized carbons (Fsp3) is 0.467. The summed E-state index contributed by atoms with van der Waals surface area (Å²) in [6.45, 7) is 6.97. The predicted molar refractivity (Wildman–Crippen MR) is 76.8 cm³/mol.